The third-order valence-corrected chi connectivity index (χ3v) is 4.08. The molecule has 0 saturated heterocycles. The fraction of sp³-hybridized carbons (Fsp3) is 0.300. The molecule has 0 aromatic heterocycles. The highest BCUT2D eigenvalue weighted by Crippen LogP contribution is 2.21. The monoisotopic (exact) mass is 337 g/mol. The molecule has 2 aromatic carbocycles. The Labute approximate surface area is 147 Å². The molecule has 0 radical (unpaired) electrons. The van der Waals surface area contributed by atoms with Gasteiger partial charge < -0.3 is 10.6 Å². The van der Waals surface area contributed by atoms with Gasteiger partial charge in [0, 0.05) is 25.2 Å². The number of anilines is 1. The maximum atomic E-state index is 12.6. The van der Waals surface area contributed by atoms with E-state index in [0.717, 1.165) is 29.7 Å². The SMILES string of the molecule is CC(=O)Nc1cccc(CNC(C(=O)NC2CC2)c2ccccc2)c1. The van der Waals surface area contributed by atoms with Crippen molar-refractivity contribution in [1.82, 2.24) is 10.6 Å². The number of carbonyl (C=O) groups is 2. The summed E-state index contributed by atoms with van der Waals surface area (Å²) in [6, 6.07) is 17.3. The molecule has 1 saturated carbocycles. The number of amides is 2. The van der Waals surface area contributed by atoms with Gasteiger partial charge in [-0.1, -0.05) is 42.5 Å². The number of hydrogen-bond acceptors (Lipinski definition) is 3. The van der Waals surface area contributed by atoms with Crippen molar-refractivity contribution in [3.05, 3.63) is 65.7 Å². The largest absolute Gasteiger partial charge is 0.352 e. The average molecular weight is 337 g/mol. The summed E-state index contributed by atoms with van der Waals surface area (Å²) < 4.78 is 0. The molecule has 25 heavy (non-hydrogen) atoms. The Hall–Kier alpha value is -2.66. The summed E-state index contributed by atoms with van der Waals surface area (Å²) in [4.78, 5) is 23.8. The van der Waals surface area contributed by atoms with E-state index >= 15 is 0 Å². The predicted molar refractivity (Wildman–Crippen MR) is 97.9 cm³/mol. The summed E-state index contributed by atoms with van der Waals surface area (Å²) >= 11 is 0. The third-order valence-electron chi connectivity index (χ3n) is 4.08. The van der Waals surface area contributed by atoms with Gasteiger partial charge in [0.2, 0.25) is 11.8 Å². The van der Waals surface area contributed by atoms with Crippen LogP contribution in [0, 0.1) is 0 Å². The quantitative estimate of drug-likeness (QED) is 0.727. The Morgan fingerprint density at radius 3 is 2.52 bits per heavy atom. The fourth-order valence-corrected chi connectivity index (χ4v) is 2.70. The normalized spacial score (nSPS) is 14.6. The molecule has 1 fully saturated rings. The van der Waals surface area contributed by atoms with Crippen molar-refractivity contribution in [2.24, 2.45) is 0 Å². The van der Waals surface area contributed by atoms with E-state index in [1.165, 1.54) is 6.92 Å². The Kier molecular flexibility index (Phi) is 5.46. The minimum Gasteiger partial charge on any atom is -0.352 e. The van der Waals surface area contributed by atoms with Gasteiger partial charge in [-0.3, -0.25) is 14.9 Å². The van der Waals surface area contributed by atoms with E-state index in [-0.39, 0.29) is 11.8 Å². The molecule has 0 heterocycles. The Balaban J connectivity index is 1.69. The van der Waals surface area contributed by atoms with Gasteiger partial charge in [0.15, 0.2) is 0 Å². The van der Waals surface area contributed by atoms with Crippen molar-refractivity contribution in [3.8, 4) is 0 Å². The zero-order valence-corrected chi connectivity index (χ0v) is 14.3. The van der Waals surface area contributed by atoms with Crippen molar-refractivity contribution in [2.45, 2.75) is 38.4 Å². The highest BCUT2D eigenvalue weighted by molar-refractivity contribution is 5.88. The molecule has 1 unspecified atom stereocenters. The molecule has 5 nitrogen and oxygen atoms in total. The summed E-state index contributed by atoms with van der Waals surface area (Å²) in [6.45, 7) is 2.02. The minimum atomic E-state index is -0.397. The Bertz CT molecular complexity index is 742. The Morgan fingerprint density at radius 2 is 1.84 bits per heavy atom. The molecule has 1 aliphatic rings. The summed E-state index contributed by atoms with van der Waals surface area (Å²) in [6.07, 6.45) is 2.12. The molecule has 0 spiro atoms. The molecule has 130 valence electrons. The summed E-state index contributed by atoms with van der Waals surface area (Å²) in [7, 11) is 0. The van der Waals surface area contributed by atoms with Crippen molar-refractivity contribution in [1.29, 1.82) is 0 Å². The van der Waals surface area contributed by atoms with E-state index in [1.807, 2.05) is 54.6 Å². The number of benzene rings is 2. The molecule has 3 rings (SSSR count). The molecule has 2 amide bonds. The lowest BCUT2D eigenvalue weighted by molar-refractivity contribution is -0.123. The number of rotatable bonds is 7. The van der Waals surface area contributed by atoms with E-state index < -0.39 is 6.04 Å². The lowest BCUT2D eigenvalue weighted by Gasteiger charge is -2.19. The second-order valence-corrected chi connectivity index (χ2v) is 6.39. The van der Waals surface area contributed by atoms with Crippen LogP contribution in [-0.2, 0) is 16.1 Å². The topological polar surface area (TPSA) is 70.2 Å². The highest BCUT2D eigenvalue weighted by Gasteiger charge is 2.28. The first kappa shape index (κ1) is 17.2. The third kappa shape index (κ3) is 5.16. The average Bonchev–Trinajstić information content (AvgIpc) is 3.40. The standard InChI is InChI=1S/C20H23N3O2/c1-14(24)22-18-9-5-6-15(12-18)13-21-19(16-7-3-2-4-8-16)20(25)23-17-10-11-17/h2-9,12,17,19,21H,10-11,13H2,1H3,(H,22,24)(H,23,25). The first-order valence-electron chi connectivity index (χ1n) is 8.57. The molecule has 3 N–H and O–H groups in total. The number of carbonyl (C=O) groups excluding carboxylic acids is 2. The van der Waals surface area contributed by atoms with Gasteiger partial charge in [0.25, 0.3) is 0 Å². The molecule has 0 aliphatic heterocycles. The maximum absolute atomic E-state index is 12.6. The van der Waals surface area contributed by atoms with Crippen LogP contribution in [0.5, 0.6) is 0 Å². The van der Waals surface area contributed by atoms with Gasteiger partial charge in [-0.15, -0.1) is 0 Å². The lowest BCUT2D eigenvalue weighted by Crippen LogP contribution is -2.38. The number of hydrogen-bond donors (Lipinski definition) is 3. The van der Waals surface area contributed by atoms with Crippen LogP contribution in [0.25, 0.3) is 0 Å². The molecular formula is C20H23N3O2. The van der Waals surface area contributed by atoms with E-state index in [9.17, 15) is 9.59 Å². The molecule has 0 bridgehead atoms. The molecule has 2 aromatic rings. The van der Waals surface area contributed by atoms with E-state index in [1.54, 1.807) is 0 Å². The summed E-state index contributed by atoms with van der Waals surface area (Å²) in [5.41, 5.74) is 2.70. The van der Waals surface area contributed by atoms with Crippen LogP contribution in [0.3, 0.4) is 0 Å². The highest BCUT2D eigenvalue weighted by atomic mass is 16.2. The molecular weight excluding hydrogens is 314 g/mol. The summed E-state index contributed by atoms with van der Waals surface area (Å²) in [5, 5.41) is 9.18. The van der Waals surface area contributed by atoms with Crippen LogP contribution in [0.15, 0.2) is 54.6 Å². The maximum Gasteiger partial charge on any atom is 0.241 e. The first-order valence-corrected chi connectivity index (χ1v) is 8.57. The van der Waals surface area contributed by atoms with Gasteiger partial charge in [-0.05, 0) is 36.1 Å². The molecule has 1 aliphatic carbocycles. The van der Waals surface area contributed by atoms with Crippen LogP contribution in [0.2, 0.25) is 0 Å². The lowest BCUT2D eigenvalue weighted by atomic mass is 10.1. The first-order chi connectivity index (χ1) is 12.1. The zero-order chi connectivity index (χ0) is 17.6. The van der Waals surface area contributed by atoms with Crippen LogP contribution in [0.4, 0.5) is 5.69 Å². The van der Waals surface area contributed by atoms with Gasteiger partial charge in [-0.2, -0.15) is 0 Å². The minimum absolute atomic E-state index is 0.00622. The van der Waals surface area contributed by atoms with Crippen LogP contribution < -0.4 is 16.0 Å². The smallest absolute Gasteiger partial charge is 0.241 e. The molecule has 1 atom stereocenters. The second-order valence-electron chi connectivity index (χ2n) is 6.39. The van der Waals surface area contributed by atoms with Crippen LogP contribution in [-0.4, -0.2) is 17.9 Å². The van der Waals surface area contributed by atoms with E-state index in [0.29, 0.717) is 12.6 Å². The van der Waals surface area contributed by atoms with Gasteiger partial charge in [0.1, 0.15) is 6.04 Å². The van der Waals surface area contributed by atoms with Crippen molar-refractivity contribution >= 4 is 17.5 Å². The van der Waals surface area contributed by atoms with Gasteiger partial charge >= 0.3 is 0 Å². The van der Waals surface area contributed by atoms with Crippen molar-refractivity contribution in [3.63, 3.8) is 0 Å². The van der Waals surface area contributed by atoms with Crippen LogP contribution >= 0.6 is 0 Å². The Morgan fingerprint density at radius 1 is 1.08 bits per heavy atom. The van der Waals surface area contributed by atoms with Crippen molar-refractivity contribution in [2.75, 3.05) is 5.32 Å². The van der Waals surface area contributed by atoms with E-state index in [4.69, 9.17) is 0 Å². The second kappa shape index (κ2) is 7.94. The van der Waals surface area contributed by atoms with E-state index in [2.05, 4.69) is 16.0 Å². The number of nitrogens with one attached hydrogen (secondary N) is 3. The summed E-state index contributed by atoms with van der Waals surface area (Å²) in [5.74, 6) is -0.0946. The molecule has 5 heteroatoms. The fourth-order valence-electron chi connectivity index (χ4n) is 2.70. The predicted octanol–water partition coefficient (Wildman–Crippen LogP) is 2.75. The zero-order valence-electron chi connectivity index (χ0n) is 14.3. The van der Waals surface area contributed by atoms with Crippen LogP contribution in [0.1, 0.15) is 36.9 Å². The van der Waals surface area contributed by atoms with Gasteiger partial charge in [0.05, 0.1) is 0 Å². The van der Waals surface area contributed by atoms with Gasteiger partial charge in [-0.25, -0.2) is 0 Å². The van der Waals surface area contributed by atoms with Crippen molar-refractivity contribution < 1.29 is 9.59 Å².